The summed E-state index contributed by atoms with van der Waals surface area (Å²) in [5.74, 6) is 2.38. The van der Waals surface area contributed by atoms with E-state index in [2.05, 4.69) is 10.6 Å². The van der Waals surface area contributed by atoms with E-state index in [0.29, 0.717) is 29.8 Å². The summed E-state index contributed by atoms with van der Waals surface area (Å²) >= 11 is 0. The molecule has 0 heterocycles. The van der Waals surface area contributed by atoms with Gasteiger partial charge in [-0.15, -0.1) is 0 Å². The minimum absolute atomic E-state index is 0.152. The van der Waals surface area contributed by atoms with Crippen LogP contribution in [0.4, 0.5) is 4.79 Å². The topological polar surface area (TPSA) is 93.7 Å². The Hall–Kier alpha value is -2.57. The van der Waals surface area contributed by atoms with Crippen molar-refractivity contribution in [3.05, 3.63) is 23.8 Å². The first-order valence-corrected chi connectivity index (χ1v) is 9.86. The second kappa shape index (κ2) is 7.45. The van der Waals surface area contributed by atoms with E-state index < -0.39 is 11.9 Å². The first-order valence-electron chi connectivity index (χ1n) is 9.86. The summed E-state index contributed by atoms with van der Waals surface area (Å²) in [7, 11) is 1.50. The van der Waals surface area contributed by atoms with Crippen molar-refractivity contribution in [3.8, 4) is 11.5 Å². The maximum absolute atomic E-state index is 12.4. The lowest BCUT2D eigenvalue weighted by atomic mass is 9.53. The van der Waals surface area contributed by atoms with Gasteiger partial charge in [-0.3, -0.25) is 14.9 Å². The largest absolute Gasteiger partial charge is 0.497 e. The number of rotatable bonds is 6. The van der Waals surface area contributed by atoms with Crippen LogP contribution in [-0.2, 0) is 4.79 Å². The molecule has 0 atom stereocenters. The molecule has 2 N–H and O–H groups in total. The first kappa shape index (κ1) is 18.8. The number of hydrogen-bond donors (Lipinski definition) is 2. The van der Waals surface area contributed by atoms with Gasteiger partial charge in [0.2, 0.25) is 0 Å². The van der Waals surface area contributed by atoms with Gasteiger partial charge in [0.25, 0.3) is 5.91 Å². The number of urea groups is 1. The zero-order valence-electron chi connectivity index (χ0n) is 16.0. The molecule has 4 aliphatic carbocycles. The average Bonchev–Trinajstić information content (AvgIpc) is 2.64. The Morgan fingerprint density at radius 3 is 2.36 bits per heavy atom. The second-order valence-electron chi connectivity index (χ2n) is 8.51. The SMILES string of the molecule is COc1ccc(OCC(=O)NC(=O)NC23CC4CC(CC(C4)C2)C3)c(C=O)c1. The highest BCUT2D eigenvalue weighted by Gasteiger charge is 2.51. The van der Waals surface area contributed by atoms with Gasteiger partial charge < -0.3 is 14.8 Å². The number of nitrogens with one attached hydrogen (secondary N) is 2. The van der Waals surface area contributed by atoms with Gasteiger partial charge in [-0.2, -0.15) is 0 Å². The molecule has 4 bridgehead atoms. The Balaban J connectivity index is 1.30. The number of ether oxygens (including phenoxy) is 2. The van der Waals surface area contributed by atoms with Crippen LogP contribution in [0.2, 0.25) is 0 Å². The summed E-state index contributed by atoms with van der Waals surface area (Å²) < 4.78 is 10.5. The molecular formula is C21H26N2O5. The zero-order valence-corrected chi connectivity index (χ0v) is 16.0. The molecule has 0 radical (unpaired) electrons. The highest BCUT2D eigenvalue weighted by atomic mass is 16.5. The fourth-order valence-corrected chi connectivity index (χ4v) is 5.72. The monoisotopic (exact) mass is 386 g/mol. The van der Waals surface area contributed by atoms with Gasteiger partial charge in [-0.05, 0) is 74.5 Å². The molecule has 0 unspecified atom stereocenters. The summed E-state index contributed by atoms with van der Waals surface area (Å²) in [6, 6.07) is 4.27. The van der Waals surface area contributed by atoms with Crippen molar-refractivity contribution >= 4 is 18.2 Å². The third kappa shape index (κ3) is 3.84. The van der Waals surface area contributed by atoms with Crippen LogP contribution in [0, 0.1) is 17.8 Å². The molecule has 3 amide bonds. The fraction of sp³-hybridized carbons (Fsp3) is 0.571. The average molecular weight is 386 g/mol. The number of carbonyl (C=O) groups is 3. The number of aldehydes is 1. The molecule has 1 aromatic carbocycles. The molecule has 0 aliphatic heterocycles. The van der Waals surface area contributed by atoms with Crippen molar-refractivity contribution in [2.45, 2.75) is 44.1 Å². The van der Waals surface area contributed by atoms with Crippen molar-refractivity contribution in [2.24, 2.45) is 17.8 Å². The van der Waals surface area contributed by atoms with Gasteiger partial charge >= 0.3 is 6.03 Å². The van der Waals surface area contributed by atoms with Crippen molar-refractivity contribution in [1.29, 1.82) is 0 Å². The molecule has 28 heavy (non-hydrogen) atoms. The molecule has 4 saturated carbocycles. The Morgan fingerprint density at radius 1 is 1.14 bits per heavy atom. The van der Waals surface area contributed by atoms with E-state index in [-0.39, 0.29) is 23.5 Å². The van der Waals surface area contributed by atoms with E-state index >= 15 is 0 Å². The molecule has 7 nitrogen and oxygen atoms in total. The smallest absolute Gasteiger partial charge is 0.321 e. The summed E-state index contributed by atoms with van der Waals surface area (Å²) in [6.45, 7) is -0.346. The second-order valence-corrected chi connectivity index (χ2v) is 8.51. The van der Waals surface area contributed by atoms with Gasteiger partial charge in [0.05, 0.1) is 12.7 Å². The van der Waals surface area contributed by atoms with Crippen LogP contribution >= 0.6 is 0 Å². The van der Waals surface area contributed by atoms with Crippen LogP contribution in [-0.4, -0.2) is 37.5 Å². The minimum atomic E-state index is -0.546. The number of imide groups is 1. The van der Waals surface area contributed by atoms with Gasteiger partial charge in [0.15, 0.2) is 12.9 Å². The molecule has 150 valence electrons. The maximum Gasteiger partial charge on any atom is 0.321 e. The first-order chi connectivity index (χ1) is 13.5. The lowest BCUT2D eigenvalue weighted by Crippen LogP contribution is -2.62. The van der Waals surface area contributed by atoms with Crippen molar-refractivity contribution < 1.29 is 23.9 Å². The van der Waals surface area contributed by atoms with Crippen LogP contribution in [0.15, 0.2) is 18.2 Å². The van der Waals surface area contributed by atoms with Crippen LogP contribution in [0.1, 0.15) is 48.9 Å². The van der Waals surface area contributed by atoms with Gasteiger partial charge in [0.1, 0.15) is 11.5 Å². The fourth-order valence-electron chi connectivity index (χ4n) is 5.72. The van der Waals surface area contributed by atoms with Crippen molar-refractivity contribution in [2.75, 3.05) is 13.7 Å². The number of methoxy groups -OCH3 is 1. The van der Waals surface area contributed by atoms with E-state index in [0.717, 1.165) is 19.3 Å². The molecule has 1 aromatic rings. The third-order valence-corrected chi connectivity index (χ3v) is 6.37. The van der Waals surface area contributed by atoms with Crippen LogP contribution in [0.3, 0.4) is 0 Å². The molecule has 7 heteroatoms. The molecule has 4 fully saturated rings. The number of benzene rings is 1. The van der Waals surface area contributed by atoms with E-state index in [9.17, 15) is 14.4 Å². The highest BCUT2D eigenvalue weighted by molar-refractivity contribution is 5.95. The molecule has 5 rings (SSSR count). The predicted octanol–water partition coefficient (Wildman–Crippen LogP) is 2.68. The minimum Gasteiger partial charge on any atom is -0.497 e. The summed E-state index contributed by atoms with van der Waals surface area (Å²) in [5.41, 5.74) is 0.130. The molecule has 0 saturated heterocycles. The predicted molar refractivity (Wildman–Crippen MR) is 101 cm³/mol. The van der Waals surface area contributed by atoms with Gasteiger partial charge in [0, 0.05) is 5.54 Å². The summed E-state index contributed by atoms with van der Waals surface area (Å²) in [5, 5.41) is 5.45. The molecule has 0 spiro atoms. The number of carbonyl (C=O) groups excluding carboxylic acids is 3. The maximum atomic E-state index is 12.4. The Kier molecular flexibility index (Phi) is 5.00. The Labute approximate surface area is 164 Å². The third-order valence-electron chi connectivity index (χ3n) is 6.37. The van der Waals surface area contributed by atoms with E-state index in [1.54, 1.807) is 12.1 Å². The number of hydrogen-bond acceptors (Lipinski definition) is 5. The number of amides is 3. The van der Waals surface area contributed by atoms with Crippen LogP contribution in [0.25, 0.3) is 0 Å². The normalized spacial score (nSPS) is 29.8. The molecule has 0 aromatic heterocycles. The Morgan fingerprint density at radius 2 is 1.79 bits per heavy atom. The van der Waals surface area contributed by atoms with E-state index in [1.165, 1.54) is 32.4 Å². The zero-order chi connectivity index (χ0) is 19.7. The highest BCUT2D eigenvalue weighted by Crippen LogP contribution is 2.55. The molecule has 4 aliphatic rings. The standard InChI is InChI=1S/C21H26N2O5/c1-27-17-2-3-18(16(7-17)11-24)28-12-19(25)22-20(26)23-21-8-13-4-14(9-21)6-15(5-13)10-21/h2-3,7,11,13-15H,4-6,8-10,12H2,1H3,(H2,22,23,25,26). The lowest BCUT2D eigenvalue weighted by Gasteiger charge is -2.56. The van der Waals surface area contributed by atoms with E-state index in [4.69, 9.17) is 9.47 Å². The lowest BCUT2D eigenvalue weighted by molar-refractivity contribution is -0.122. The van der Waals surface area contributed by atoms with Crippen molar-refractivity contribution in [3.63, 3.8) is 0 Å². The van der Waals surface area contributed by atoms with Crippen LogP contribution < -0.4 is 20.1 Å². The molecular weight excluding hydrogens is 360 g/mol. The summed E-state index contributed by atoms with van der Waals surface area (Å²) in [6.07, 6.45) is 7.56. The van der Waals surface area contributed by atoms with Gasteiger partial charge in [-0.1, -0.05) is 0 Å². The van der Waals surface area contributed by atoms with Crippen LogP contribution in [0.5, 0.6) is 11.5 Å². The quantitative estimate of drug-likeness (QED) is 0.733. The van der Waals surface area contributed by atoms with Gasteiger partial charge in [-0.25, -0.2) is 4.79 Å². The Bertz CT molecular complexity index is 756. The van der Waals surface area contributed by atoms with E-state index in [1.807, 2.05) is 0 Å². The summed E-state index contributed by atoms with van der Waals surface area (Å²) in [4.78, 5) is 35.7. The van der Waals surface area contributed by atoms with Crippen molar-refractivity contribution in [1.82, 2.24) is 10.6 Å².